The summed E-state index contributed by atoms with van der Waals surface area (Å²) in [5, 5.41) is 9.37. The second-order valence-electron chi connectivity index (χ2n) is 8.49. The number of hydrogen-bond acceptors (Lipinski definition) is 7. The van der Waals surface area contributed by atoms with Crippen LogP contribution in [0.15, 0.2) is 59.3 Å². The Morgan fingerprint density at radius 3 is 2.27 bits per heavy atom. The van der Waals surface area contributed by atoms with Gasteiger partial charge in [-0.1, -0.05) is 30.3 Å². The molecule has 0 amide bonds. The number of likely N-dealkylation sites (N-methyl/N-ethyl adjacent to an activating group) is 1. The largest absolute Gasteiger partial charge is 0.465 e. The number of aliphatic hydroxyl groups is 1. The van der Waals surface area contributed by atoms with Gasteiger partial charge in [-0.05, 0) is 61.5 Å². The Kier molecular flexibility index (Phi) is 8.86. The Bertz CT molecular complexity index is 927. The van der Waals surface area contributed by atoms with Crippen LogP contribution in [-0.4, -0.2) is 67.8 Å². The molecule has 0 radical (unpaired) electrons. The molecule has 1 aromatic carbocycles. The summed E-state index contributed by atoms with van der Waals surface area (Å²) in [5.41, 5.74) is 3.46. The second kappa shape index (κ2) is 11.8. The van der Waals surface area contributed by atoms with Crippen LogP contribution in [-0.2, 0) is 25.6 Å². The van der Waals surface area contributed by atoms with Crippen molar-refractivity contribution in [1.82, 2.24) is 9.80 Å². The van der Waals surface area contributed by atoms with Gasteiger partial charge in [-0.2, -0.15) is 0 Å². The number of nitrogens with zero attached hydrogens (tertiary/aromatic N) is 2. The summed E-state index contributed by atoms with van der Waals surface area (Å²) < 4.78 is 9.87. The Morgan fingerprint density at radius 1 is 1.03 bits per heavy atom. The van der Waals surface area contributed by atoms with Gasteiger partial charge >= 0.3 is 11.9 Å². The molecule has 1 unspecified atom stereocenters. The maximum absolute atomic E-state index is 12.6. The van der Waals surface area contributed by atoms with Gasteiger partial charge < -0.3 is 19.5 Å². The Balaban J connectivity index is 1.98. The molecule has 1 atom stereocenters. The SMILES string of the molecule is COC(=O)C1=C/C(CCCO)=C\C(c2ccc(CN3CCCC3)cc2)N(C)/C=C\1C(=O)OC. The van der Waals surface area contributed by atoms with Gasteiger partial charge in [0.05, 0.1) is 31.4 Å². The van der Waals surface area contributed by atoms with E-state index in [0.717, 1.165) is 30.8 Å². The Hall–Kier alpha value is -2.90. The molecular weight excluding hydrogens is 420 g/mol. The summed E-state index contributed by atoms with van der Waals surface area (Å²) in [6.45, 7) is 3.29. The van der Waals surface area contributed by atoms with E-state index in [0.29, 0.717) is 12.8 Å². The van der Waals surface area contributed by atoms with Gasteiger partial charge in [-0.3, -0.25) is 4.90 Å². The van der Waals surface area contributed by atoms with E-state index in [1.54, 1.807) is 12.3 Å². The maximum atomic E-state index is 12.6. The predicted molar refractivity (Wildman–Crippen MR) is 126 cm³/mol. The highest BCUT2D eigenvalue weighted by Crippen LogP contribution is 2.30. The number of ether oxygens (including phenoxy) is 2. The van der Waals surface area contributed by atoms with Crippen LogP contribution in [0.5, 0.6) is 0 Å². The summed E-state index contributed by atoms with van der Waals surface area (Å²) in [5.74, 6) is -1.22. The lowest BCUT2D eigenvalue weighted by molar-refractivity contribution is -0.139. The standard InChI is InChI=1S/C26H34N2O5/c1-27-18-23(26(31)33-3)22(25(30)32-2)15-20(7-6-14-29)16-24(27)21-10-8-19(9-11-21)17-28-12-4-5-13-28/h8-11,15-16,18,24,29H,4-7,12-14,17H2,1-3H3/b20-16-,22-15+,23-18+. The number of esters is 2. The first-order valence-corrected chi connectivity index (χ1v) is 11.4. The van der Waals surface area contributed by atoms with Crippen LogP contribution in [0.1, 0.15) is 42.9 Å². The second-order valence-corrected chi connectivity index (χ2v) is 8.49. The fourth-order valence-electron chi connectivity index (χ4n) is 4.33. The van der Waals surface area contributed by atoms with Crippen LogP contribution in [0.3, 0.4) is 0 Å². The number of carbonyl (C=O) groups excluding carboxylic acids is 2. The minimum atomic E-state index is -0.611. The third kappa shape index (κ3) is 6.33. The molecule has 33 heavy (non-hydrogen) atoms. The van der Waals surface area contributed by atoms with Crippen LogP contribution < -0.4 is 0 Å². The topological polar surface area (TPSA) is 79.3 Å². The molecule has 3 rings (SSSR count). The summed E-state index contributed by atoms with van der Waals surface area (Å²) >= 11 is 0. The first-order valence-electron chi connectivity index (χ1n) is 11.4. The molecule has 2 heterocycles. The number of likely N-dealkylation sites (tertiary alicyclic amines) is 1. The van der Waals surface area contributed by atoms with Gasteiger partial charge in [0.25, 0.3) is 0 Å². The normalized spacial score (nSPS) is 23.9. The summed E-state index contributed by atoms with van der Waals surface area (Å²) in [6, 6.07) is 8.38. The number of methoxy groups -OCH3 is 2. The highest BCUT2D eigenvalue weighted by Gasteiger charge is 2.27. The quantitative estimate of drug-likeness (QED) is 0.605. The molecule has 7 heteroatoms. The van der Waals surface area contributed by atoms with Crippen LogP contribution in [0.25, 0.3) is 0 Å². The van der Waals surface area contributed by atoms with E-state index in [9.17, 15) is 14.7 Å². The highest BCUT2D eigenvalue weighted by molar-refractivity contribution is 6.07. The number of hydrogen-bond donors (Lipinski definition) is 1. The molecule has 2 aliphatic heterocycles. The maximum Gasteiger partial charge on any atom is 0.340 e. The van der Waals surface area contributed by atoms with Crippen LogP contribution in [0.2, 0.25) is 0 Å². The molecule has 1 saturated heterocycles. The molecule has 0 saturated carbocycles. The number of rotatable bonds is 8. The monoisotopic (exact) mass is 454 g/mol. The third-order valence-electron chi connectivity index (χ3n) is 6.12. The lowest BCUT2D eigenvalue weighted by Crippen LogP contribution is -2.24. The Labute approximate surface area is 196 Å². The number of allylic oxidation sites excluding steroid dienone is 2. The van der Waals surface area contributed by atoms with Crippen molar-refractivity contribution >= 4 is 11.9 Å². The van der Waals surface area contributed by atoms with Gasteiger partial charge in [0.15, 0.2) is 0 Å². The van der Waals surface area contributed by atoms with E-state index >= 15 is 0 Å². The van der Waals surface area contributed by atoms with Crippen molar-refractivity contribution in [2.45, 2.75) is 38.3 Å². The minimum absolute atomic E-state index is 0.0319. The van der Waals surface area contributed by atoms with Crippen molar-refractivity contribution in [3.05, 3.63) is 70.5 Å². The van der Waals surface area contributed by atoms with Gasteiger partial charge in [-0.25, -0.2) is 9.59 Å². The van der Waals surface area contributed by atoms with Crippen LogP contribution in [0, 0.1) is 0 Å². The van der Waals surface area contributed by atoms with Gasteiger partial charge in [0.1, 0.15) is 0 Å². The molecule has 2 aliphatic rings. The summed E-state index contributed by atoms with van der Waals surface area (Å²) in [6.07, 6.45) is 9.01. The lowest BCUT2D eigenvalue weighted by atomic mass is 9.94. The van der Waals surface area contributed by atoms with Crippen molar-refractivity contribution < 1.29 is 24.2 Å². The number of aliphatic hydroxyl groups excluding tert-OH is 1. The number of carbonyl (C=O) groups is 2. The van der Waals surface area contributed by atoms with Gasteiger partial charge in [0.2, 0.25) is 0 Å². The zero-order valence-corrected chi connectivity index (χ0v) is 19.8. The Morgan fingerprint density at radius 2 is 1.67 bits per heavy atom. The van der Waals surface area contributed by atoms with E-state index < -0.39 is 11.9 Å². The van der Waals surface area contributed by atoms with Crippen molar-refractivity contribution in [2.24, 2.45) is 0 Å². The molecule has 1 fully saturated rings. The van der Waals surface area contributed by atoms with Crippen molar-refractivity contribution in [1.29, 1.82) is 0 Å². The fourth-order valence-corrected chi connectivity index (χ4v) is 4.33. The zero-order chi connectivity index (χ0) is 23.8. The molecule has 0 aliphatic carbocycles. The zero-order valence-electron chi connectivity index (χ0n) is 19.8. The van der Waals surface area contributed by atoms with Gasteiger partial charge in [0, 0.05) is 26.4 Å². The first-order chi connectivity index (χ1) is 16.0. The third-order valence-corrected chi connectivity index (χ3v) is 6.12. The first kappa shape index (κ1) is 24.7. The van der Waals surface area contributed by atoms with Crippen molar-refractivity contribution in [3.8, 4) is 0 Å². The molecule has 178 valence electrons. The molecule has 0 aromatic heterocycles. The van der Waals surface area contributed by atoms with Crippen molar-refractivity contribution in [2.75, 3.05) is 41.0 Å². The smallest absolute Gasteiger partial charge is 0.340 e. The molecular formula is C26H34N2O5. The fraction of sp³-hybridized carbons (Fsp3) is 0.462. The number of benzene rings is 1. The molecule has 1 aromatic rings. The summed E-state index contributed by atoms with van der Waals surface area (Å²) in [7, 11) is 4.44. The van der Waals surface area contributed by atoms with E-state index in [4.69, 9.17) is 9.47 Å². The van der Waals surface area contributed by atoms with Crippen LogP contribution in [0.4, 0.5) is 0 Å². The van der Waals surface area contributed by atoms with Crippen molar-refractivity contribution in [3.63, 3.8) is 0 Å². The predicted octanol–water partition coefficient (Wildman–Crippen LogP) is 3.12. The molecule has 0 bridgehead atoms. The average Bonchev–Trinajstić information content (AvgIpc) is 3.34. The van der Waals surface area contributed by atoms with Crippen LogP contribution >= 0.6 is 0 Å². The molecule has 1 N–H and O–H groups in total. The lowest BCUT2D eigenvalue weighted by Gasteiger charge is -2.28. The average molecular weight is 455 g/mol. The van der Waals surface area contributed by atoms with E-state index in [-0.39, 0.29) is 23.8 Å². The van der Waals surface area contributed by atoms with E-state index in [1.807, 2.05) is 11.9 Å². The van der Waals surface area contributed by atoms with E-state index in [1.165, 1.54) is 32.6 Å². The summed E-state index contributed by atoms with van der Waals surface area (Å²) in [4.78, 5) is 29.4. The minimum Gasteiger partial charge on any atom is -0.465 e. The molecule has 7 nitrogen and oxygen atoms in total. The van der Waals surface area contributed by atoms with Gasteiger partial charge in [-0.15, -0.1) is 0 Å². The molecule has 0 spiro atoms. The van der Waals surface area contributed by atoms with E-state index in [2.05, 4.69) is 35.2 Å². The highest BCUT2D eigenvalue weighted by atomic mass is 16.5.